The van der Waals surface area contributed by atoms with Crippen LogP contribution >= 0.6 is 0 Å². The topological polar surface area (TPSA) is 78.0 Å². The number of imidazole rings is 1. The molecule has 92 valence electrons. The molecular weight excluding hydrogens is 230 g/mol. The Morgan fingerprint density at radius 1 is 1.44 bits per heavy atom. The van der Waals surface area contributed by atoms with Gasteiger partial charge in [-0.25, -0.2) is 9.78 Å². The van der Waals surface area contributed by atoms with E-state index in [9.17, 15) is 4.79 Å². The van der Waals surface area contributed by atoms with E-state index >= 15 is 0 Å². The summed E-state index contributed by atoms with van der Waals surface area (Å²) < 4.78 is 0. The van der Waals surface area contributed by atoms with Crippen LogP contribution in [0.5, 0.6) is 0 Å². The summed E-state index contributed by atoms with van der Waals surface area (Å²) in [7, 11) is 0. The monoisotopic (exact) mass is 243 g/mol. The molecule has 0 fully saturated rings. The Hall–Kier alpha value is -2.56. The van der Waals surface area contributed by atoms with E-state index in [1.54, 1.807) is 18.6 Å². The lowest BCUT2D eigenvalue weighted by molar-refractivity contribution is -0.131. The van der Waals surface area contributed by atoms with Crippen molar-refractivity contribution >= 4 is 17.7 Å². The number of carbonyl (C=O) groups is 1. The highest BCUT2D eigenvalue weighted by molar-refractivity contribution is 5.86. The van der Waals surface area contributed by atoms with Crippen molar-refractivity contribution in [1.82, 2.24) is 9.97 Å². The quantitative estimate of drug-likeness (QED) is 0.703. The lowest BCUT2D eigenvalue weighted by atomic mass is 10.1. The number of anilines is 1. The molecule has 1 aromatic carbocycles. The number of para-hydroxylation sites is 1. The highest BCUT2D eigenvalue weighted by atomic mass is 16.4. The summed E-state index contributed by atoms with van der Waals surface area (Å²) in [6.45, 7) is 0.609. The molecule has 0 saturated heterocycles. The molecule has 2 aromatic rings. The van der Waals surface area contributed by atoms with E-state index in [1.165, 1.54) is 0 Å². The van der Waals surface area contributed by atoms with Crippen LogP contribution in [-0.4, -0.2) is 21.0 Å². The molecule has 0 aliphatic heterocycles. The average molecular weight is 243 g/mol. The fourth-order valence-corrected chi connectivity index (χ4v) is 1.54. The smallest absolute Gasteiger partial charge is 0.328 e. The van der Waals surface area contributed by atoms with Gasteiger partial charge in [0.2, 0.25) is 0 Å². The normalized spacial score (nSPS) is 10.7. The molecule has 0 bridgehead atoms. The van der Waals surface area contributed by atoms with Crippen molar-refractivity contribution < 1.29 is 9.90 Å². The van der Waals surface area contributed by atoms with Crippen LogP contribution in [0.15, 0.2) is 42.9 Å². The predicted octanol–water partition coefficient (Wildman–Crippen LogP) is 2.12. The van der Waals surface area contributed by atoms with Crippen LogP contribution in [0.1, 0.15) is 11.3 Å². The van der Waals surface area contributed by atoms with Crippen LogP contribution in [0.4, 0.5) is 5.69 Å². The second kappa shape index (κ2) is 5.67. The number of aromatic amines is 1. The third kappa shape index (κ3) is 3.21. The number of carboxylic acids is 1. The maximum Gasteiger partial charge on any atom is 0.328 e. The van der Waals surface area contributed by atoms with Crippen LogP contribution in [0.3, 0.4) is 0 Å². The van der Waals surface area contributed by atoms with E-state index in [4.69, 9.17) is 5.11 Å². The number of nitrogens with one attached hydrogen (secondary N) is 2. The molecule has 5 heteroatoms. The van der Waals surface area contributed by atoms with E-state index in [0.29, 0.717) is 6.54 Å². The van der Waals surface area contributed by atoms with Gasteiger partial charge in [0, 0.05) is 18.0 Å². The molecule has 0 atom stereocenters. The lowest BCUT2D eigenvalue weighted by Gasteiger charge is -2.08. The fourth-order valence-electron chi connectivity index (χ4n) is 1.54. The van der Waals surface area contributed by atoms with Gasteiger partial charge in [0.15, 0.2) is 0 Å². The van der Waals surface area contributed by atoms with E-state index in [0.717, 1.165) is 23.0 Å². The van der Waals surface area contributed by atoms with Gasteiger partial charge in [-0.05, 0) is 17.7 Å². The zero-order valence-electron chi connectivity index (χ0n) is 9.63. The Morgan fingerprint density at radius 3 is 3.00 bits per heavy atom. The Bertz CT molecular complexity index is 547. The molecule has 0 aliphatic rings. The van der Waals surface area contributed by atoms with Gasteiger partial charge in [-0.1, -0.05) is 18.2 Å². The number of carboxylic acid groups (broad SMARTS) is 1. The molecule has 1 aromatic heterocycles. The molecule has 0 unspecified atom stereocenters. The zero-order valence-corrected chi connectivity index (χ0v) is 9.63. The van der Waals surface area contributed by atoms with Crippen LogP contribution in [0.2, 0.25) is 0 Å². The first-order chi connectivity index (χ1) is 8.75. The molecule has 0 spiro atoms. The number of aliphatic carboxylic acids is 1. The van der Waals surface area contributed by atoms with Gasteiger partial charge in [0.05, 0.1) is 18.6 Å². The number of aromatic nitrogens is 2. The first-order valence-electron chi connectivity index (χ1n) is 5.47. The SMILES string of the molecule is O=C(O)/C=C/c1ccccc1NCc1cnc[nH]1. The van der Waals surface area contributed by atoms with Crippen molar-refractivity contribution in [3.05, 3.63) is 54.1 Å². The average Bonchev–Trinajstić information content (AvgIpc) is 2.88. The van der Waals surface area contributed by atoms with Crippen LogP contribution in [0, 0.1) is 0 Å². The summed E-state index contributed by atoms with van der Waals surface area (Å²) in [6, 6.07) is 7.52. The van der Waals surface area contributed by atoms with Gasteiger partial charge in [-0.15, -0.1) is 0 Å². The van der Waals surface area contributed by atoms with Crippen molar-refractivity contribution in [1.29, 1.82) is 0 Å². The summed E-state index contributed by atoms with van der Waals surface area (Å²) in [6.07, 6.45) is 6.05. The van der Waals surface area contributed by atoms with Crippen LogP contribution in [0.25, 0.3) is 6.08 Å². The molecule has 3 N–H and O–H groups in total. The summed E-state index contributed by atoms with van der Waals surface area (Å²) in [4.78, 5) is 17.4. The third-order valence-corrected chi connectivity index (χ3v) is 2.39. The summed E-state index contributed by atoms with van der Waals surface area (Å²) in [5, 5.41) is 11.8. The highest BCUT2D eigenvalue weighted by Crippen LogP contribution is 2.17. The van der Waals surface area contributed by atoms with E-state index < -0.39 is 5.97 Å². The Kier molecular flexibility index (Phi) is 3.76. The van der Waals surface area contributed by atoms with Gasteiger partial charge >= 0.3 is 5.97 Å². The standard InChI is InChI=1S/C13H13N3O2/c17-13(18)6-5-10-3-1-2-4-12(10)15-8-11-7-14-9-16-11/h1-7,9,15H,8H2,(H,14,16)(H,17,18)/b6-5+. The molecule has 0 saturated carbocycles. The van der Waals surface area contributed by atoms with Crippen LogP contribution in [-0.2, 0) is 11.3 Å². The molecule has 0 aliphatic carbocycles. The lowest BCUT2D eigenvalue weighted by Crippen LogP contribution is -2.01. The van der Waals surface area contributed by atoms with E-state index in [1.807, 2.05) is 24.3 Å². The van der Waals surface area contributed by atoms with Gasteiger partial charge in [-0.2, -0.15) is 0 Å². The minimum atomic E-state index is -0.960. The van der Waals surface area contributed by atoms with Crippen molar-refractivity contribution in [3.63, 3.8) is 0 Å². The fraction of sp³-hybridized carbons (Fsp3) is 0.0769. The minimum Gasteiger partial charge on any atom is -0.478 e. The molecule has 0 radical (unpaired) electrons. The zero-order chi connectivity index (χ0) is 12.8. The summed E-state index contributed by atoms with van der Waals surface area (Å²) >= 11 is 0. The van der Waals surface area contributed by atoms with Crippen LogP contribution < -0.4 is 5.32 Å². The molecule has 18 heavy (non-hydrogen) atoms. The first-order valence-corrected chi connectivity index (χ1v) is 5.47. The highest BCUT2D eigenvalue weighted by Gasteiger charge is 1.99. The maximum absolute atomic E-state index is 10.5. The van der Waals surface area contributed by atoms with Gasteiger partial charge in [-0.3, -0.25) is 0 Å². The third-order valence-electron chi connectivity index (χ3n) is 2.39. The number of H-pyrrole nitrogens is 1. The van der Waals surface area contributed by atoms with Crippen molar-refractivity contribution in [2.24, 2.45) is 0 Å². The van der Waals surface area contributed by atoms with Gasteiger partial charge in [0.25, 0.3) is 0 Å². The minimum absolute atomic E-state index is 0.609. The Morgan fingerprint density at radius 2 is 2.28 bits per heavy atom. The predicted molar refractivity (Wildman–Crippen MR) is 69.0 cm³/mol. The van der Waals surface area contributed by atoms with E-state index in [-0.39, 0.29) is 0 Å². The molecule has 0 amide bonds. The number of hydrogen-bond acceptors (Lipinski definition) is 3. The molecule has 5 nitrogen and oxygen atoms in total. The molecular formula is C13H13N3O2. The summed E-state index contributed by atoms with van der Waals surface area (Å²) in [5.74, 6) is -0.960. The number of rotatable bonds is 5. The first kappa shape index (κ1) is 11.9. The van der Waals surface area contributed by atoms with Crippen molar-refractivity contribution in [3.8, 4) is 0 Å². The van der Waals surface area contributed by atoms with Crippen molar-refractivity contribution in [2.75, 3.05) is 5.32 Å². The molecule has 1 heterocycles. The number of hydrogen-bond donors (Lipinski definition) is 3. The number of nitrogens with zero attached hydrogens (tertiary/aromatic N) is 1. The second-order valence-corrected chi connectivity index (χ2v) is 3.69. The largest absolute Gasteiger partial charge is 0.478 e. The van der Waals surface area contributed by atoms with Gasteiger partial charge < -0.3 is 15.4 Å². The Labute approximate surface area is 104 Å². The van der Waals surface area contributed by atoms with Gasteiger partial charge in [0.1, 0.15) is 0 Å². The summed E-state index contributed by atoms with van der Waals surface area (Å²) in [5.41, 5.74) is 2.68. The Balaban J connectivity index is 2.09. The van der Waals surface area contributed by atoms with Crippen molar-refractivity contribution in [2.45, 2.75) is 6.54 Å². The maximum atomic E-state index is 10.5. The second-order valence-electron chi connectivity index (χ2n) is 3.69. The molecule has 2 rings (SSSR count). The number of benzene rings is 1. The van der Waals surface area contributed by atoms with E-state index in [2.05, 4.69) is 15.3 Å².